The maximum Gasteiger partial charge on any atom is 0.261 e. The second-order valence-electron chi connectivity index (χ2n) is 4.01. The van der Waals surface area contributed by atoms with Gasteiger partial charge in [-0.3, -0.25) is 4.79 Å². The highest BCUT2D eigenvalue weighted by atomic mass is 79.9. The maximum absolute atomic E-state index is 11.9. The van der Waals surface area contributed by atoms with Crippen molar-refractivity contribution in [2.75, 3.05) is 5.88 Å². The van der Waals surface area contributed by atoms with Crippen molar-refractivity contribution in [1.29, 1.82) is 0 Å². The molecule has 6 heteroatoms. The number of alkyl halides is 1. The van der Waals surface area contributed by atoms with Crippen LogP contribution in [0.15, 0.2) is 14.3 Å². The number of rotatable bonds is 4. The average Bonchev–Trinajstić information content (AvgIpc) is 2.46. The minimum absolute atomic E-state index is 0.0634. The predicted octanol–water partition coefficient (Wildman–Crippen LogP) is 4.41. The van der Waals surface area contributed by atoms with Crippen molar-refractivity contribution in [3.63, 3.8) is 0 Å². The van der Waals surface area contributed by atoms with Crippen LogP contribution in [0.1, 0.15) is 29.9 Å². The number of nitrogens with one attached hydrogen (secondary N) is 1. The van der Waals surface area contributed by atoms with Gasteiger partial charge in [-0.1, -0.05) is 0 Å². The van der Waals surface area contributed by atoms with E-state index in [0.717, 1.165) is 14.7 Å². The quantitative estimate of drug-likeness (QED) is 0.760. The second kappa shape index (κ2) is 5.85. The smallest absolute Gasteiger partial charge is 0.261 e. The number of amides is 1. The molecule has 0 saturated heterocycles. The van der Waals surface area contributed by atoms with Gasteiger partial charge in [-0.15, -0.1) is 22.9 Å². The van der Waals surface area contributed by atoms with Crippen LogP contribution >= 0.6 is 54.8 Å². The molecule has 1 amide bonds. The summed E-state index contributed by atoms with van der Waals surface area (Å²) in [6, 6.07) is 1.81. The van der Waals surface area contributed by atoms with Gasteiger partial charge in [0.1, 0.15) is 0 Å². The molecule has 0 aromatic carbocycles. The summed E-state index contributed by atoms with van der Waals surface area (Å²) < 4.78 is 1.82. The lowest BCUT2D eigenvalue weighted by Gasteiger charge is -2.24. The molecule has 0 fully saturated rings. The molecule has 0 radical (unpaired) electrons. The molecule has 0 aliphatic rings. The molecular formula is C10H12Br2ClNOS. The number of carbonyl (C=O) groups excluding carboxylic acids is 1. The zero-order valence-corrected chi connectivity index (χ0v) is 13.7. The molecule has 0 unspecified atom stereocenters. The van der Waals surface area contributed by atoms with Crippen molar-refractivity contribution in [2.45, 2.75) is 25.8 Å². The van der Waals surface area contributed by atoms with Crippen LogP contribution in [-0.2, 0) is 0 Å². The first-order valence-electron chi connectivity index (χ1n) is 4.69. The summed E-state index contributed by atoms with van der Waals surface area (Å²) in [5.74, 6) is 0.469. The standard InChI is InChI=1S/C10H12Br2ClNOS/c1-10(2,3-4-13)14-9(15)7-5-6(11)8(12)16-7/h5H,3-4H2,1-2H3,(H,14,15). The van der Waals surface area contributed by atoms with Crippen LogP contribution in [0, 0.1) is 0 Å². The fraction of sp³-hybridized carbons (Fsp3) is 0.500. The topological polar surface area (TPSA) is 29.1 Å². The van der Waals surface area contributed by atoms with Crippen LogP contribution in [0.4, 0.5) is 0 Å². The van der Waals surface area contributed by atoms with Crippen LogP contribution < -0.4 is 5.32 Å². The van der Waals surface area contributed by atoms with Gasteiger partial charge < -0.3 is 5.32 Å². The molecule has 2 nitrogen and oxygen atoms in total. The highest BCUT2D eigenvalue weighted by molar-refractivity contribution is 9.13. The molecule has 0 bridgehead atoms. The van der Waals surface area contributed by atoms with Crippen molar-refractivity contribution >= 4 is 60.7 Å². The lowest BCUT2D eigenvalue weighted by Crippen LogP contribution is -2.43. The molecule has 1 heterocycles. The normalized spacial score (nSPS) is 11.6. The first-order chi connectivity index (χ1) is 7.35. The Bertz CT molecular complexity index is 373. The van der Waals surface area contributed by atoms with Crippen molar-refractivity contribution in [2.24, 2.45) is 0 Å². The van der Waals surface area contributed by atoms with E-state index in [1.54, 1.807) is 6.07 Å². The summed E-state index contributed by atoms with van der Waals surface area (Å²) in [5.41, 5.74) is -0.276. The van der Waals surface area contributed by atoms with Gasteiger partial charge in [0.25, 0.3) is 5.91 Å². The molecule has 0 saturated carbocycles. The number of hydrogen-bond acceptors (Lipinski definition) is 2. The summed E-state index contributed by atoms with van der Waals surface area (Å²) in [6.45, 7) is 3.93. The van der Waals surface area contributed by atoms with Gasteiger partial charge in [0, 0.05) is 15.9 Å². The number of halogens is 3. The van der Waals surface area contributed by atoms with E-state index < -0.39 is 0 Å². The van der Waals surface area contributed by atoms with Crippen LogP contribution in [0.5, 0.6) is 0 Å². The largest absolute Gasteiger partial charge is 0.346 e. The molecule has 90 valence electrons. The maximum atomic E-state index is 11.9. The summed E-state index contributed by atoms with van der Waals surface area (Å²) in [6.07, 6.45) is 0.744. The van der Waals surface area contributed by atoms with E-state index in [0.29, 0.717) is 10.8 Å². The number of carbonyl (C=O) groups is 1. The van der Waals surface area contributed by atoms with Gasteiger partial charge in [-0.2, -0.15) is 0 Å². The summed E-state index contributed by atoms with van der Waals surface area (Å²) in [7, 11) is 0. The third-order valence-electron chi connectivity index (χ3n) is 2.04. The van der Waals surface area contributed by atoms with Gasteiger partial charge in [-0.25, -0.2) is 0 Å². The lowest BCUT2D eigenvalue weighted by molar-refractivity contribution is 0.0916. The Hall–Kier alpha value is 0.420. The fourth-order valence-corrected chi connectivity index (χ4v) is 3.53. The SMILES string of the molecule is CC(C)(CCCl)NC(=O)c1cc(Br)c(Br)s1. The van der Waals surface area contributed by atoms with Gasteiger partial charge in [0.2, 0.25) is 0 Å². The predicted molar refractivity (Wildman–Crippen MR) is 76.6 cm³/mol. The number of hydrogen-bond donors (Lipinski definition) is 1. The molecule has 0 aliphatic carbocycles. The molecule has 0 spiro atoms. The molecule has 1 rings (SSSR count). The Balaban J connectivity index is 2.72. The van der Waals surface area contributed by atoms with Crippen molar-refractivity contribution < 1.29 is 4.79 Å². The molecule has 1 aromatic rings. The van der Waals surface area contributed by atoms with Gasteiger partial charge in [0.15, 0.2) is 0 Å². The van der Waals surface area contributed by atoms with E-state index >= 15 is 0 Å². The third kappa shape index (κ3) is 4.02. The Morgan fingerprint density at radius 2 is 2.19 bits per heavy atom. The average molecular weight is 390 g/mol. The van der Waals surface area contributed by atoms with E-state index in [1.807, 2.05) is 13.8 Å². The van der Waals surface area contributed by atoms with E-state index in [2.05, 4.69) is 37.2 Å². The molecular weight excluding hydrogens is 377 g/mol. The highest BCUT2D eigenvalue weighted by Gasteiger charge is 2.21. The zero-order valence-electron chi connectivity index (χ0n) is 8.94. The Morgan fingerprint density at radius 1 is 1.56 bits per heavy atom. The third-order valence-corrected chi connectivity index (χ3v) is 5.48. The van der Waals surface area contributed by atoms with Crippen LogP contribution in [0.25, 0.3) is 0 Å². The molecule has 1 aromatic heterocycles. The molecule has 0 atom stereocenters. The lowest BCUT2D eigenvalue weighted by atomic mass is 10.0. The summed E-state index contributed by atoms with van der Waals surface area (Å²) >= 11 is 13.8. The first-order valence-corrected chi connectivity index (χ1v) is 7.63. The van der Waals surface area contributed by atoms with Crippen LogP contribution in [-0.4, -0.2) is 17.3 Å². The zero-order chi connectivity index (χ0) is 12.3. The van der Waals surface area contributed by atoms with Crippen molar-refractivity contribution in [3.8, 4) is 0 Å². The van der Waals surface area contributed by atoms with E-state index in [1.165, 1.54) is 11.3 Å². The van der Waals surface area contributed by atoms with Gasteiger partial charge in [0.05, 0.1) is 8.66 Å². The summed E-state index contributed by atoms with van der Waals surface area (Å²) in [4.78, 5) is 12.6. The van der Waals surface area contributed by atoms with Crippen LogP contribution in [0.2, 0.25) is 0 Å². The fourth-order valence-electron chi connectivity index (χ4n) is 1.13. The Morgan fingerprint density at radius 3 is 2.62 bits per heavy atom. The minimum atomic E-state index is -0.276. The first kappa shape index (κ1) is 14.5. The Labute approximate surface area is 121 Å². The molecule has 16 heavy (non-hydrogen) atoms. The van der Waals surface area contributed by atoms with Gasteiger partial charge in [-0.05, 0) is 58.2 Å². The number of thiophene rings is 1. The van der Waals surface area contributed by atoms with E-state index in [-0.39, 0.29) is 11.4 Å². The molecule has 0 aliphatic heterocycles. The van der Waals surface area contributed by atoms with Crippen LogP contribution in [0.3, 0.4) is 0 Å². The molecule has 1 N–H and O–H groups in total. The van der Waals surface area contributed by atoms with Crippen molar-refractivity contribution in [1.82, 2.24) is 5.32 Å². The minimum Gasteiger partial charge on any atom is -0.346 e. The monoisotopic (exact) mass is 387 g/mol. The second-order valence-corrected chi connectivity index (χ2v) is 7.61. The van der Waals surface area contributed by atoms with E-state index in [4.69, 9.17) is 11.6 Å². The van der Waals surface area contributed by atoms with Gasteiger partial charge >= 0.3 is 0 Å². The highest BCUT2D eigenvalue weighted by Crippen LogP contribution is 2.32. The summed E-state index contributed by atoms with van der Waals surface area (Å²) in [5, 5.41) is 2.96. The Kier molecular flexibility index (Phi) is 5.29. The van der Waals surface area contributed by atoms with E-state index in [9.17, 15) is 4.79 Å². The van der Waals surface area contributed by atoms with Crippen molar-refractivity contribution in [3.05, 3.63) is 19.2 Å².